The van der Waals surface area contributed by atoms with E-state index in [9.17, 15) is 9.59 Å². The number of esters is 1. The van der Waals surface area contributed by atoms with Gasteiger partial charge in [-0.3, -0.25) is 4.79 Å². The van der Waals surface area contributed by atoms with E-state index >= 15 is 0 Å². The van der Waals surface area contributed by atoms with Crippen molar-refractivity contribution in [2.45, 2.75) is 38.2 Å². The van der Waals surface area contributed by atoms with Crippen LogP contribution in [0.3, 0.4) is 0 Å². The highest BCUT2D eigenvalue weighted by Gasteiger charge is 2.20. The number of carbonyl (C=O) groups excluding carboxylic acids is 1. The molecule has 0 aromatic heterocycles. The lowest BCUT2D eigenvalue weighted by Gasteiger charge is -2.12. The van der Waals surface area contributed by atoms with Crippen LogP contribution in [0.5, 0.6) is 0 Å². The number of carboxylic acid groups (broad SMARTS) is 1. The molecule has 6 nitrogen and oxygen atoms in total. The number of nitrogens with two attached hydrogens (primary N) is 2. The molecule has 0 rings (SSSR count). The van der Waals surface area contributed by atoms with Gasteiger partial charge in [0.1, 0.15) is 0 Å². The summed E-state index contributed by atoms with van der Waals surface area (Å²) in [7, 11) is 0. The standard InChI is InChI=1S/C10H20N2O4/c11-6-3-1-2-4-9(13)16-8(5-7-12)10(14)15/h8H,1-7,11-12H2,(H,14,15). The van der Waals surface area contributed by atoms with Crippen molar-refractivity contribution in [1.29, 1.82) is 0 Å². The van der Waals surface area contributed by atoms with Crippen molar-refractivity contribution in [2.24, 2.45) is 11.5 Å². The van der Waals surface area contributed by atoms with Crippen LogP contribution in [0.25, 0.3) is 0 Å². The Labute approximate surface area is 94.9 Å². The number of unbranched alkanes of at least 4 members (excludes halogenated alkanes) is 2. The minimum absolute atomic E-state index is 0.143. The zero-order valence-corrected chi connectivity index (χ0v) is 9.35. The smallest absolute Gasteiger partial charge is 0.345 e. The first-order valence-corrected chi connectivity index (χ1v) is 5.44. The van der Waals surface area contributed by atoms with E-state index in [1.54, 1.807) is 0 Å². The summed E-state index contributed by atoms with van der Waals surface area (Å²) in [6.07, 6.45) is 1.63. The van der Waals surface area contributed by atoms with E-state index in [0.717, 1.165) is 12.8 Å². The van der Waals surface area contributed by atoms with Gasteiger partial charge in [0.05, 0.1) is 0 Å². The van der Waals surface area contributed by atoms with E-state index in [2.05, 4.69) is 0 Å². The normalized spacial score (nSPS) is 12.1. The van der Waals surface area contributed by atoms with E-state index in [4.69, 9.17) is 21.3 Å². The van der Waals surface area contributed by atoms with Crippen molar-refractivity contribution < 1.29 is 19.4 Å². The monoisotopic (exact) mass is 232 g/mol. The van der Waals surface area contributed by atoms with Crippen LogP contribution in [0.15, 0.2) is 0 Å². The van der Waals surface area contributed by atoms with Gasteiger partial charge >= 0.3 is 11.9 Å². The highest BCUT2D eigenvalue weighted by atomic mass is 16.6. The summed E-state index contributed by atoms with van der Waals surface area (Å²) in [5.41, 5.74) is 10.5. The van der Waals surface area contributed by atoms with Gasteiger partial charge in [-0.1, -0.05) is 6.42 Å². The maximum atomic E-state index is 11.2. The molecule has 0 spiro atoms. The molecule has 0 bridgehead atoms. The molecule has 0 aliphatic rings. The van der Waals surface area contributed by atoms with Crippen molar-refractivity contribution >= 4 is 11.9 Å². The molecule has 16 heavy (non-hydrogen) atoms. The van der Waals surface area contributed by atoms with E-state index in [1.165, 1.54) is 0 Å². The van der Waals surface area contributed by atoms with E-state index in [1.807, 2.05) is 0 Å². The second-order valence-electron chi connectivity index (χ2n) is 3.49. The number of carbonyl (C=O) groups is 2. The molecule has 0 aliphatic carbocycles. The summed E-state index contributed by atoms with van der Waals surface area (Å²) < 4.78 is 4.78. The van der Waals surface area contributed by atoms with E-state index < -0.39 is 18.0 Å². The molecule has 0 aromatic rings. The molecule has 0 heterocycles. The summed E-state index contributed by atoms with van der Waals surface area (Å²) >= 11 is 0. The predicted molar refractivity (Wildman–Crippen MR) is 58.7 cm³/mol. The third kappa shape index (κ3) is 7.19. The maximum Gasteiger partial charge on any atom is 0.345 e. The van der Waals surface area contributed by atoms with Gasteiger partial charge in [0.15, 0.2) is 6.10 Å². The minimum Gasteiger partial charge on any atom is -0.479 e. The van der Waals surface area contributed by atoms with Crippen LogP contribution >= 0.6 is 0 Å². The van der Waals surface area contributed by atoms with Gasteiger partial charge in [0.25, 0.3) is 0 Å². The van der Waals surface area contributed by atoms with E-state index in [-0.39, 0.29) is 19.4 Å². The van der Waals surface area contributed by atoms with Crippen molar-refractivity contribution in [2.75, 3.05) is 13.1 Å². The van der Waals surface area contributed by atoms with Crippen LogP contribution in [0.2, 0.25) is 0 Å². The topological polar surface area (TPSA) is 116 Å². The van der Waals surface area contributed by atoms with Crippen molar-refractivity contribution in [3.05, 3.63) is 0 Å². The lowest BCUT2D eigenvalue weighted by atomic mass is 10.2. The van der Waals surface area contributed by atoms with Crippen molar-refractivity contribution in [3.8, 4) is 0 Å². The second kappa shape index (κ2) is 9.11. The Balaban J connectivity index is 3.77. The molecule has 0 aromatic carbocycles. The van der Waals surface area contributed by atoms with Gasteiger partial charge in [-0.2, -0.15) is 0 Å². The zero-order chi connectivity index (χ0) is 12.4. The third-order valence-corrected chi connectivity index (χ3v) is 2.06. The first kappa shape index (κ1) is 14.9. The minimum atomic E-state index is -1.15. The van der Waals surface area contributed by atoms with E-state index in [0.29, 0.717) is 13.0 Å². The summed E-state index contributed by atoms with van der Waals surface area (Å²) in [6, 6.07) is 0. The van der Waals surface area contributed by atoms with Gasteiger partial charge in [-0.25, -0.2) is 4.79 Å². The van der Waals surface area contributed by atoms with Crippen molar-refractivity contribution in [3.63, 3.8) is 0 Å². The number of ether oxygens (including phenoxy) is 1. The summed E-state index contributed by atoms with van der Waals surface area (Å²) in [5, 5.41) is 8.71. The van der Waals surface area contributed by atoms with Gasteiger partial charge in [0, 0.05) is 12.8 Å². The molecule has 5 N–H and O–H groups in total. The molecule has 0 saturated carbocycles. The Morgan fingerprint density at radius 3 is 2.31 bits per heavy atom. The molecule has 0 aliphatic heterocycles. The average Bonchev–Trinajstić information content (AvgIpc) is 2.23. The highest BCUT2D eigenvalue weighted by Crippen LogP contribution is 2.04. The second-order valence-corrected chi connectivity index (χ2v) is 3.49. The molecule has 0 saturated heterocycles. The molecule has 6 heteroatoms. The zero-order valence-electron chi connectivity index (χ0n) is 9.35. The first-order chi connectivity index (χ1) is 7.61. The Kier molecular flexibility index (Phi) is 8.46. The molecule has 0 radical (unpaired) electrons. The molecule has 1 atom stereocenters. The average molecular weight is 232 g/mol. The molecular weight excluding hydrogens is 212 g/mol. The van der Waals surface area contributed by atoms with Crippen LogP contribution < -0.4 is 11.5 Å². The molecule has 1 unspecified atom stereocenters. The Hall–Kier alpha value is -1.14. The number of rotatable bonds is 9. The number of hydrogen-bond acceptors (Lipinski definition) is 5. The lowest BCUT2D eigenvalue weighted by molar-refractivity contribution is -0.164. The van der Waals surface area contributed by atoms with Gasteiger partial charge in [0.2, 0.25) is 0 Å². The van der Waals surface area contributed by atoms with Crippen LogP contribution in [0, 0.1) is 0 Å². The Morgan fingerprint density at radius 1 is 1.12 bits per heavy atom. The Morgan fingerprint density at radius 2 is 1.81 bits per heavy atom. The highest BCUT2D eigenvalue weighted by molar-refractivity contribution is 5.77. The summed E-state index contributed by atoms with van der Waals surface area (Å²) in [6.45, 7) is 0.775. The van der Waals surface area contributed by atoms with Crippen molar-refractivity contribution in [1.82, 2.24) is 0 Å². The van der Waals surface area contributed by atoms with Gasteiger partial charge < -0.3 is 21.3 Å². The molecule has 0 amide bonds. The fourth-order valence-electron chi connectivity index (χ4n) is 1.19. The summed E-state index contributed by atoms with van der Waals surface area (Å²) in [5.74, 6) is -1.64. The largest absolute Gasteiger partial charge is 0.479 e. The number of carboxylic acids is 1. The lowest BCUT2D eigenvalue weighted by Crippen LogP contribution is -2.29. The predicted octanol–water partition coefficient (Wildman–Crippen LogP) is -0.149. The van der Waals surface area contributed by atoms with Crippen LogP contribution in [0.4, 0.5) is 0 Å². The SMILES string of the molecule is NCCCCCC(=O)OC(CCN)C(=O)O. The fraction of sp³-hybridized carbons (Fsp3) is 0.800. The van der Waals surface area contributed by atoms with Gasteiger partial charge in [-0.05, 0) is 25.9 Å². The molecule has 94 valence electrons. The Bertz CT molecular complexity index is 221. The maximum absolute atomic E-state index is 11.2. The fourth-order valence-corrected chi connectivity index (χ4v) is 1.19. The van der Waals surface area contributed by atoms with Crippen LogP contribution in [0.1, 0.15) is 32.1 Å². The molecular formula is C10H20N2O4. The number of hydrogen-bond donors (Lipinski definition) is 3. The number of aliphatic carboxylic acids is 1. The quantitative estimate of drug-likeness (QED) is 0.376. The first-order valence-electron chi connectivity index (χ1n) is 5.44. The van der Waals surface area contributed by atoms with Gasteiger partial charge in [-0.15, -0.1) is 0 Å². The summed E-state index contributed by atoms with van der Waals surface area (Å²) in [4.78, 5) is 21.9. The molecule has 0 fully saturated rings. The van der Waals surface area contributed by atoms with Crippen LogP contribution in [-0.4, -0.2) is 36.2 Å². The van der Waals surface area contributed by atoms with Crippen LogP contribution in [-0.2, 0) is 14.3 Å². The third-order valence-electron chi connectivity index (χ3n) is 2.06.